The van der Waals surface area contributed by atoms with E-state index in [2.05, 4.69) is 4.98 Å². The molecule has 1 unspecified atom stereocenters. The molecule has 0 fully saturated rings. The fraction of sp³-hybridized carbons (Fsp3) is 0.444. The van der Waals surface area contributed by atoms with Crippen LogP contribution in [-0.4, -0.2) is 34.0 Å². The lowest BCUT2D eigenvalue weighted by Gasteiger charge is -2.26. The van der Waals surface area contributed by atoms with E-state index in [1.807, 2.05) is 20.8 Å². The van der Waals surface area contributed by atoms with Gasteiger partial charge in [0.2, 0.25) is 0 Å². The van der Waals surface area contributed by atoms with Crippen LogP contribution in [0.5, 0.6) is 0 Å². The van der Waals surface area contributed by atoms with Crippen molar-refractivity contribution in [1.82, 2.24) is 9.88 Å². The molecule has 0 saturated carbocycles. The van der Waals surface area contributed by atoms with Gasteiger partial charge < -0.3 is 10.0 Å². The third-order valence-corrected chi connectivity index (χ3v) is 4.72. The Hall–Kier alpha value is -1.79. The summed E-state index contributed by atoms with van der Waals surface area (Å²) in [6.45, 7) is 6.75. The standard InChI is InChI=1S/C18H23FN2O2S/c1-4-17-20-9-16(24-17)18(23)21(10-12(2)3)11-15(22)13-5-7-14(19)8-6-13/h5-9,12,15,22H,4,10-11H2,1-3H3. The third kappa shape index (κ3) is 4.85. The Morgan fingerprint density at radius 2 is 1.96 bits per heavy atom. The van der Waals surface area contributed by atoms with Gasteiger partial charge in [-0.3, -0.25) is 4.79 Å². The first kappa shape index (κ1) is 18.5. The number of aromatic nitrogens is 1. The van der Waals surface area contributed by atoms with Gasteiger partial charge in [-0.05, 0) is 30.0 Å². The zero-order valence-corrected chi connectivity index (χ0v) is 15.0. The number of hydrogen-bond acceptors (Lipinski definition) is 4. The number of hydrogen-bond donors (Lipinski definition) is 1. The molecular weight excluding hydrogens is 327 g/mol. The molecule has 4 nitrogen and oxygen atoms in total. The molecule has 1 N–H and O–H groups in total. The number of amides is 1. The minimum absolute atomic E-state index is 0.123. The number of benzene rings is 1. The molecular formula is C18H23FN2O2S. The Morgan fingerprint density at radius 3 is 2.50 bits per heavy atom. The zero-order chi connectivity index (χ0) is 17.7. The largest absolute Gasteiger partial charge is 0.387 e. The zero-order valence-electron chi connectivity index (χ0n) is 14.2. The second kappa shape index (κ2) is 8.35. The highest BCUT2D eigenvalue weighted by Crippen LogP contribution is 2.20. The lowest BCUT2D eigenvalue weighted by molar-refractivity contribution is 0.0599. The van der Waals surface area contributed by atoms with E-state index < -0.39 is 6.10 Å². The van der Waals surface area contributed by atoms with Gasteiger partial charge in [0.15, 0.2) is 0 Å². The monoisotopic (exact) mass is 350 g/mol. The van der Waals surface area contributed by atoms with Crippen LogP contribution >= 0.6 is 11.3 Å². The maximum absolute atomic E-state index is 13.0. The highest BCUT2D eigenvalue weighted by Gasteiger charge is 2.22. The molecule has 0 aliphatic rings. The van der Waals surface area contributed by atoms with Crippen molar-refractivity contribution < 1.29 is 14.3 Å². The molecule has 0 aliphatic heterocycles. The topological polar surface area (TPSA) is 53.4 Å². The van der Waals surface area contributed by atoms with Gasteiger partial charge in [0.1, 0.15) is 10.7 Å². The molecule has 1 amide bonds. The Labute approximate surface area is 146 Å². The van der Waals surface area contributed by atoms with Crippen LogP contribution < -0.4 is 0 Å². The molecule has 1 atom stereocenters. The second-order valence-electron chi connectivity index (χ2n) is 6.14. The van der Waals surface area contributed by atoms with Crippen molar-refractivity contribution in [3.8, 4) is 0 Å². The Balaban J connectivity index is 2.15. The summed E-state index contributed by atoms with van der Waals surface area (Å²) in [6, 6.07) is 5.70. The van der Waals surface area contributed by atoms with Crippen molar-refractivity contribution in [2.24, 2.45) is 5.92 Å². The number of carbonyl (C=O) groups is 1. The van der Waals surface area contributed by atoms with E-state index in [0.717, 1.165) is 11.4 Å². The Bertz CT molecular complexity index is 670. The quantitative estimate of drug-likeness (QED) is 0.829. The molecule has 130 valence electrons. The SMILES string of the molecule is CCc1ncc(C(=O)N(CC(C)C)CC(O)c2ccc(F)cc2)s1. The van der Waals surface area contributed by atoms with Gasteiger partial charge in [-0.15, -0.1) is 11.3 Å². The summed E-state index contributed by atoms with van der Waals surface area (Å²) in [7, 11) is 0. The van der Waals surface area contributed by atoms with E-state index in [1.54, 1.807) is 23.2 Å². The molecule has 0 aliphatic carbocycles. The molecule has 0 bridgehead atoms. The molecule has 1 aromatic heterocycles. The summed E-state index contributed by atoms with van der Waals surface area (Å²) in [5.41, 5.74) is 0.594. The molecule has 6 heteroatoms. The van der Waals surface area contributed by atoms with Crippen LogP contribution in [0.2, 0.25) is 0 Å². The molecule has 0 radical (unpaired) electrons. The first-order valence-corrected chi connectivity index (χ1v) is 8.89. The van der Waals surface area contributed by atoms with Crippen molar-refractivity contribution in [3.63, 3.8) is 0 Å². The fourth-order valence-corrected chi connectivity index (χ4v) is 3.23. The summed E-state index contributed by atoms with van der Waals surface area (Å²) >= 11 is 1.39. The van der Waals surface area contributed by atoms with Crippen molar-refractivity contribution in [1.29, 1.82) is 0 Å². The highest BCUT2D eigenvalue weighted by molar-refractivity contribution is 7.13. The van der Waals surface area contributed by atoms with E-state index in [-0.39, 0.29) is 24.2 Å². The average Bonchev–Trinajstić information content (AvgIpc) is 3.02. The average molecular weight is 350 g/mol. The number of aryl methyl sites for hydroxylation is 1. The smallest absolute Gasteiger partial charge is 0.265 e. The molecule has 1 heterocycles. The van der Waals surface area contributed by atoms with Crippen molar-refractivity contribution >= 4 is 17.2 Å². The van der Waals surface area contributed by atoms with Gasteiger partial charge >= 0.3 is 0 Å². The summed E-state index contributed by atoms with van der Waals surface area (Å²) < 4.78 is 13.0. The normalized spacial score (nSPS) is 12.4. The molecule has 2 rings (SSSR count). The van der Waals surface area contributed by atoms with Crippen LogP contribution in [-0.2, 0) is 6.42 Å². The van der Waals surface area contributed by atoms with Crippen molar-refractivity contribution in [3.05, 3.63) is 51.7 Å². The number of thiazole rings is 1. The lowest BCUT2D eigenvalue weighted by Crippen LogP contribution is -2.37. The minimum Gasteiger partial charge on any atom is -0.387 e. The predicted molar refractivity (Wildman–Crippen MR) is 93.6 cm³/mol. The first-order chi connectivity index (χ1) is 11.4. The van der Waals surface area contributed by atoms with Crippen LogP contribution in [0.3, 0.4) is 0 Å². The van der Waals surface area contributed by atoms with Gasteiger partial charge in [0, 0.05) is 6.54 Å². The molecule has 2 aromatic rings. The van der Waals surface area contributed by atoms with E-state index >= 15 is 0 Å². The number of carbonyl (C=O) groups excluding carboxylic acids is 1. The lowest BCUT2D eigenvalue weighted by atomic mass is 10.1. The number of aliphatic hydroxyl groups is 1. The fourth-order valence-electron chi connectivity index (χ4n) is 2.41. The van der Waals surface area contributed by atoms with Crippen molar-refractivity contribution in [2.45, 2.75) is 33.3 Å². The van der Waals surface area contributed by atoms with Crippen LogP contribution in [0.1, 0.15) is 47.1 Å². The summed E-state index contributed by atoms with van der Waals surface area (Å²) in [5.74, 6) is -0.201. The van der Waals surface area contributed by atoms with Crippen LogP contribution in [0.15, 0.2) is 30.5 Å². The van der Waals surface area contributed by atoms with Crippen molar-refractivity contribution in [2.75, 3.05) is 13.1 Å². The Morgan fingerprint density at radius 1 is 1.29 bits per heavy atom. The van der Waals surface area contributed by atoms with Gasteiger partial charge in [-0.1, -0.05) is 32.9 Å². The molecule has 0 spiro atoms. The molecule has 0 saturated heterocycles. The first-order valence-electron chi connectivity index (χ1n) is 8.08. The summed E-state index contributed by atoms with van der Waals surface area (Å²) in [6.07, 6.45) is 1.54. The number of rotatable bonds is 7. The van der Waals surface area contributed by atoms with Crippen LogP contribution in [0.25, 0.3) is 0 Å². The van der Waals surface area contributed by atoms with Gasteiger partial charge in [-0.25, -0.2) is 9.37 Å². The maximum Gasteiger partial charge on any atom is 0.265 e. The third-order valence-electron chi connectivity index (χ3n) is 3.59. The maximum atomic E-state index is 13.0. The number of aliphatic hydroxyl groups excluding tert-OH is 1. The van der Waals surface area contributed by atoms with Gasteiger partial charge in [0.05, 0.1) is 23.9 Å². The van der Waals surface area contributed by atoms with Gasteiger partial charge in [-0.2, -0.15) is 0 Å². The highest BCUT2D eigenvalue weighted by atomic mass is 32.1. The minimum atomic E-state index is -0.855. The van der Waals surface area contributed by atoms with E-state index in [9.17, 15) is 14.3 Å². The second-order valence-corrected chi connectivity index (χ2v) is 7.26. The van der Waals surface area contributed by atoms with E-state index in [4.69, 9.17) is 0 Å². The summed E-state index contributed by atoms with van der Waals surface area (Å²) in [5, 5.41) is 11.3. The van der Waals surface area contributed by atoms with Gasteiger partial charge in [0.25, 0.3) is 5.91 Å². The van der Waals surface area contributed by atoms with E-state index in [1.165, 1.54) is 23.5 Å². The number of halogens is 1. The molecule has 1 aromatic carbocycles. The molecule has 24 heavy (non-hydrogen) atoms. The number of nitrogens with zero attached hydrogens (tertiary/aromatic N) is 2. The van der Waals surface area contributed by atoms with E-state index in [0.29, 0.717) is 17.0 Å². The van der Waals surface area contributed by atoms with Crippen LogP contribution in [0, 0.1) is 11.7 Å². The predicted octanol–water partition coefficient (Wildman–Crippen LogP) is 3.68. The van der Waals surface area contributed by atoms with Crippen LogP contribution in [0.4, 0.5) is 4.39 Å². The summed E-state index contributed by atoms with van der Waals surface area (Å²) in [4.78, 5) is 19.2. The Kier molecular flexibility index (Phi) is 6.45.